The van der Waals surface area contributed by atoms with Crippen LogP contribution in [0.1, 0.15) is 20.8 Å². The molecular weight excluding hydrogens is 274 g/mol. The Balaban J connectivity index is 4.93. The zero-order chi connectivity index (χ0) is 14.3. The Morgan fingerprint density at radius 2 is 1.89 bits per heavy atom. The Morgan fingerprint density at radius 1 is 1.33 bits per heavy atom. The summed E-state index contributed by atoms with van der Waals surface area (Å²) in [6, 6.07) is 0. The average molecular weight is 294 g/mol. The van der Waals surface area contributed by atoms with Crippen LogP contribution in [0.15, 0.2) is 16.5 Å². The first-order chi connectivity index (χ1) is 8.17. The van der Waals surface area contributed by atoms with Crippen molar-refractivity contribution >= 4 is 32.3 Å². The molecule has 0 aromatic carbocycles. The molecule has 18 heavy (non-hydrogen) atoms. The van der Waals surface area contributed by atoms with E-state index in [0.717, 1.165) is 0 Å². The van der Waals surface area contributed by atoms with Crippen LogP contribution < -0.4 is 0 Å². The van der Waals surface area contributed by atoms with E-state index in [9.17, 15) is 4.79 Å². The first kappa shape index (κ1) is 17.0. The molecule has 0 bridgehead atoms. The van der Waals surface area contributed by atoms with E-state index < -0.39 is 20.6 Å². The highest BCUT2D eigenvalue weighted by Crippen LogP contribution is 2.13. The van der Waals surface area contributed by atoms with E-state index in [1.165, 1.54) is 13.4 Å². The van der Waals surface area contributed by atoms with Crippen LogP contribution in [0.5, 0.6) is 0 Å². The second kappa shape index (κ2) is 7.43. The molecule has 7 heteroatoms. The van der Waals surface area contributed by atoms with Crippen LogP contribution in [-0.4, -0.2) is 33.4 Å². The predicted octanol–water partition coefficient (Wildman–Crippen LogP) is 2.41. The van der Waals surface area contributed by atoms with Gasteiger partial charge in [-0.25, -0.2) is 4.79 Å². The largest absolute Gasteiger partial charge is 0.551 e. The number of halogens is 1. The number of rotatable bonds is 5. The fourth-order valence-electron chi connectivity index (χ4n) is 0.848. The predicted molar refractivity (Wildman–Crippen MR) is 74.2 cm³/mol. The van der Waals surface area contributed by atoms with E-state index in [0.29, 0.717) is 0 Å². The lowest BCUT2D eigenvalue weighted by Crippen LogP contribution is -2.29. The molecule has 0 aliphatic carbocycles. The fraction of sp³-hybridized carbons (Fsp3) is 0.636. The van der Waals surface area contributed by atoms with Gasteiger partial charge in [-0.2, -0.15) is 0 Å². The van der Waals surface area contributed by atoms with Gasteiger partial charge >= 0.3 is 5.97 Å². The summed E-state index contributed by atoms with van der Waals surface area (Å²) in [6.07, 6.45) is 1.31. The van der Waals surface area contributed by atoms with Crippen LogP contribution in [0.2, 0.25) is 13.1 Å². The van der Waals surface area contributed by atoms with Gasteiger partial charge < -0.3 is 14.0 Å². The minimum atomic E-state index is -1.27. The number of oxime groups is 1. The van der Waals surface area contributed by atoms with Crippen LogP contribution in [0.4, 0.5) is 0 Å². The number of carbonyl (C=O) groups excluding carboxylic acids is 1. The molecule has 0 saturated heterocycles. The molecule has 0 spiro atoms. The molecular formula is C11H20ClNO4Si. The summed E-state index contributed by atoms with van der Waals surface area (Å²) in [7, 11) is 0.0556. The van der Waals surface area contributed by atoms with E-state index in [-0.39, 0.29) is 10.7 Å². The van der Waals surface area contributed by atoms with Gasteiger partial charge in [0.15, 0.2) is 0 Å². The van der Waals surface area contributed by atoms with Crippen molar-refractivity contribution in [1.82, 2.24) is 0 Å². The Bertz CT molecular complexity index is 347. The van der Waals surface area contributed by atoms with Gasteiger partial charge in [0.05, 0.1) is 6.26 Å². The number of hydrogen-bond acceptors (Lipinski definition) is 5. The molecule has 104 valence electrons. The maximum atomic E-state index is 11.8. The Hall–Kier alpha value is -1.01. The number of hydrogen-bond donors (Lipinski definition) is 0. The third kappa shape index (κ3) is 7.34. The lowest BCUT2D eigenvalue weighted by Gasteiger charge is -2.19. The zero-order valence-electron chi connectivity index (χ0n) is 11.6. The second-order valence-electron chi connectivity index (χ2n) is 4.77. The summed E-state index contributed by atoms with van der Waals surface area (Å²) in [6.45, 7) is 9.21. The van der Waals surface area contributed by atoms with Crippen molar-refractivity contribution in [1.29, 1.82) is 0 Å². The van der Waals surface area contributed by atoms with Crippen molar-refractivity contribution in [3.05, 3.63) is 11.3 Å². The number of carbonyl (C=O) groups is 1. The van der Waals surface area contributed by atoms with Gasteiger partial charge in [0.2, 0.25) is 14.8 Å². The SMILES string of the molecule is CON=C(C(=O)OC(C)(C)C)C(Cl)=CO[SiH](C)C. The van der Waals surface area contributed by atoms with E-state index in [2.05, 4.69) is 9.99 Å². The van der Waals surface area contributed by atoms with E-state index in [1.807, 2.05) is 13.1 Å². The minimum absolute atomic E-state index is 0.0623. The highest BCUT2D eigenvalue weighted by molar-refractivity contribution is 6.58. The Kier molecular flexibility index (Phi) is 7.01. The van der Waals surface area contributed by atoms with Crippen molar-refractivity contribution < 1.29 is 18.8 Å². The molecule has 5 nitrogen and oxygen atoms in total. The molecule has 0 aliphatic rings. The van der Waals surface area contributed by atoms with Crippen LogP contribution in [-0.2, 0) is 18.8 Å². The molecule has 0 rings (SSSR count). The summed E-state index contributed by atoms with van der Waals surface area (Å²) in [5, 5.41) is 3.63. The molecule has 0 radical (unpaired) electrons. The molecule has 0 amide bonds. The average Bonchev–Trinajstić information content (AvgIpc) is 2.19. The quantitative estimate of drug-likeness (QED) is 0.257. The van der Waals surface area contributed by atoms with Crippen LogP contribution in [0, 0.1) is 0 Å². The first-order valence-corrected chi connectivity index (χ1v) is 8.69. The van der Waals surface area contributed by atoms with E-state index in [4.69, 9.17) is 20.8 Å². The highest BCUT2D eigenvalue weighted by atomic mass is 35.5. The molecule has 0 heterocycles. The molecule has 0 fully saturated rings. The molecule has 0 aromatic heterocycles. The van der Waals surface area contributed by atoms with Gasteiger partial charge in [-0.15, -0.1) is 0 Å². The summed E-state index contributed by atoms with van der Waals surface area (Å²) in [5.41, 5.74) is -0.736. The maximum absolute atomic E-state index is 11.8. The van der Waals surface area contributed by atoms with E-state index in [1.54, 1.807) is 20.8 Å². The second-order valence-corrected chi connectivity index (χ2v) is 7.55. The smallest absolute Gasteiger partial charge is 0.362 e. The number of ether oxygens (including phenoxy) is 1. The summed E-state index contributed by atoms with van der Waals surface area (Å²) < 4.78 is 10.5. The van der Waals surface area contributed by atoms with Gasteiger partial charge in [0.1, 0.15) is 17.7 Å². The molecule has 0 aliphatic heterocycles. The van der Waals surface area contributed by atoms with Crippen molar-refractivity contribution in [2.24, 2.45) is 5.16 Å². The van der Waals surface area contributed by atoms with Crippen LogP contribution in [0.3, 0.4) is 0 Å². The number of nitrogens with zero attached hydrogens (tertiary/aromatic N) is 1. The third-order valence-electron chi connectivity index (χ3n) is 1.44. The topological polar surface area (TPSA) is 57.1 Å². The maximum Gasteiger partial charge on any atom is 0.362 e. The van der Waals surface area contributed by atoms with Crippen molar-refractivity contribution in [3.63, 3.8) is 0 Å². The zero-order valence-corrected chi connectivity index (χ0v) is 13.5. The van der Waals surface area contributed by atoms with Gasteiger partial charge in [0.25, 0.3) is 0 Å². The van der Waals surface area contributed by atoms with Crippen molar-refractivity contribution in [2.45, 2.75) is 39.5 Å². The molecule has 0 aromatic rings. The Labute approximate surface area is 114 Å². The summed E-state index contributed by atoms with van der Waals surface area (Å²) >= 11 is 5.94. The number of esters is 1. The fourth-order valence-corrected chi connectivity index (χ4v) is 1.51. The lowest BCUT2D eigenvalue weighted by molar-refractivity contribution is -0.146. The van der Waals surface area contributed by atoms with Crippen LogP contribution in [0.25, 0.3) is 0 Å². The lowest BCUT2D eigenvalue weighted by atomic mass is 10.2. The van der Waals surface area contributed by atoms with Crippen LogP contribution >= 0.6 is 11.6 Å². The highest BCUT2D eigenvalue weighted by Gasteiger charge is 2.24. The van der Waals surface area contributed by atoms with E-state index >= 15 is 0 Å². The first-order valence-electron chi connectivity index (χ1n) is 5.53. The normalized spacial score (nSPS) is 13.6. The molecule has 0 N–H and O–H groups in total. The van der Waals surface area contributed by atoms with Gasteiger partial charge in [-0.3, -0.25) is 0 Å². The standard InChI is InChI=1S/C11H20ClNO4Si/c1-11(2,3)17-10(14)9(13-15-4)8(12)7-16-18(5)6/h7,18H,1-6H3. The van der Waals surface area contributed by atoms with Gasteiger partial charge in [0, 0.05) is 0 Å². The monoisotopic (exact) mass is 293 g/mol. The minimum Gasteiger partial charge on any atom is -0.551 e. The summed E-state index contributed by atoms with van der Waals surface area (Å²) in [4.78, 5) is 16.4. The molecule has 0 unspecified atom stereocenters. The van der Waals surface area contributed by atoms with Gasteiger partial charge in [-0.05, 0) is 33.9 Å². The van der Waals surface area contributed by atoms with Crippen molar-refractivity contribution in [2.75, 3.05) is 7.11 Å². The third-order valence-corrected chi connectivity index (χ3v) is 2.39. The summed E-state index contributed by atoms with van der Waals surface area (Å²) in [5.74, 6) is -0.653. The Morgan fingerprint density at radius 3 is 2.28 bits per heavy atom. The molecule has 0 atom stereocenters. The van der Waals surface area contributed by atoms with Crippen molar-refractivity contribution in [3.8, 4) is 0 Å². The molecule has 0 saturated carbocycles. The van der Waals surface area contributed by atoms with Gasteiger partial charge in [-0.1, -0.05) is 16.8 Å².